The van der Waals surface area contributed by atoms with Gasteiger partial charge in [-0.1, -0.05) is 35.6 Å². The van der Waals surface area contributed by atoms with Gasteiger partial charge in [-0.25, -0.2) is 0 Å². The van der Waals surface area contributed by atoms with E-state index in [0.717, 1.165) is 6.54 Å². The van der Waals surface area contributed by atoms with Gasteiger partial charge in [0.2, 0.25) is 5.52 Å². The van der Waals surface area contributed by atoms with Crippen molar-refractivity contribution in [1.29, 1.82) is 0 Å². The Kier molecular flexibility index (Phi) is 4.35. The van der Waals surface area contributed by atoms with Crippen molar-refractivity contribution in [3.05, 3.63) is 59.1 Å². The fraction of sp³-hybridized carbons (Fsp3) is 0.286. The molecule has 0 aliphatic carbocycles. The molecule has 3 aromatic rings. The molecule has 2 heterocycles. The molecule has 1 aliphatic rings. The monoisotopic (exact) mass is 335 g/mol. The topological polar surface area (TPSA) is 7.12 Å². The van der Waals surface area contributed by atoms with Gasteiger partial charge >= 0.3 is 0 Å². The van der Waals surface area contributed by atoms with Crippen LogP contribution in [-0.2, 0) is 6.54 Å². The summed E-state index contributed by atoms with van der Waals surface area (Å²) in [5.41, 5.74) is 3.95. The first-order chi connectivity index (χ1) is 11.8. The zero-order chi connectivity index (χ0) is 16.4. The summed E-state index contributed by atoms with van der Waals surface area (Å²) < 4.78 is 3.73. The number of hydrogen-bond acceptors (Lipinski definition) is 2. The molecule has 2 aromatic carbocycles. The van der Waals surface area contributed by atoms with Gasteiger partial charge in [0.05, 0.1) is 0 Å². The number of thiazole rings is 1. The first-order valence-corrected chi connectivity index (χ1v) is 9.61. The van der Waals surface area contributed by atoms with Crippen LogP contribution in [0.25, 0.3) is 22.4 Å². The molecule has 0 radical (unpaired) electrons. The van der Waals surface area contributed by atoms with E-state index in [9.17, 15) is 0 Å². The Morgan fingerprint density at radius 1 is 1.00 bits per heavy atom. The Labute approximate surface area is 147 Å². The molecule has 3 heteroatoms. The van der Waals surface area contributed by atoms with E-state index in [1.165, 1.54) is 52.4 Å². The number of hydrogen-bond donors (Lipinski definition) is 0. The predicted octanol–water partition coefficient (Wildman–Crippen LogP) is 4.98. The second-order valence-corrected chi connectivity index (χ2v) is 7.33. The number of anilines is 1. The average Bonchev–Trinajstić information content (AvgIpc) is 3.27. The van der Waals surface area contributed by atoms with E-state index in [1.807, 2.05) is 11.3 Å². The second kappa shape index (κ2) is 6.78. The SMILES string of the molecule is CC[n+]1c(/C=C/c2ccc(N3CCCC3)cc2)sc2ccccc21. The maximum absolute atomic E-state index is 2.48. The third kappa shape index (κ3) is 2.96. The summed E-state index contributed by atoms with van der Waals surface area (Å²) in [5, 5.41) is 1.31. The van der Waals surface area contributed by atoms with Gasteiger partial charge < -0.3 is 4.90 Å². The average molecular weight is 335 g/mol. The summed E-state index contributed by atoms with van der Waals surface area (Å²) in [7, 11) is 0. The third-order valence-electron chi connectivity index (χ3n) is 4.74. The first kappa shape index (κ1) is 15.4. The summed E-state index contributed by atoms with van der Waals surface area (Å²) in [5.74, 6) is 0. The Balaban J connectivity index is 1.58. The molecule has 4 rings (SSSR count). The first-order valence-electron chi connectivity index (χ1n) is 8.79. The van der Waals surface area contributed by atoms with E-state index in [0.29, 0.717) is 0 Å². The van der Waals surface area contributed by atoms with Gasteiger partial charge in [-0.15, -0.1) is 0 Å². The Bertz CT molecular complexity index is 855. The van der Waals surface area contributed by atoms with Gasteiger partial charge in [0.15, 0.2) is 0 Å². The van der Waals surface area contributed by atoms with Gasteiger partial charge in [-0.05, 0) is 49.6 Å². The molecule has 0 unspecified atom stereocenters. The molecule has 24 heavy (non-hydrogen) atoms. The molecule has 122 valence electrons. The zero-order valence-corrected chi connectivity index (χ0v) is 14.9. The lowest BCUT2D eigenvalue weighted by Gasteiger charge is -2.17. The van der Waals surface area contributed by atoms with Crippen LogP contribution in [-0.4, -0.2) is 13.1 Å². The fourth-order valence-electron chi connectivity index (χ4n) is 3.44. The molecule has 1 fully saturated rings. The molecular formula is C21H23N2S+. The number of aryl methyl sites for hydroxylation is 1. The molecule has 1 aliphatic heterocycles. The molecule has 1 aromatic heterocycles. The molecule has 0 saturated carbocycles. The van der Waals surface area contributed by atoms with Gasteiger partial charge in [0.25, 0.3) is 5.01 Å². The molecule has 0 N–H and O–H groups in total. The van der Waals surface area contributed by atoms with Crippen molar-refractivity contribution in [2.24, 2.45) is 0 Å². The fourth-order valence-corrected chi connectivity index (χ4v) is 4.57. The third-order valence-corrected chi connectivity index (χ3v) is 5.87. The second-order valence-electron chi connectivity index (χ2n) is 6.27. The highest BCUT2D eigenvalue weighted by Crippen LogP contribution is 2.23. The molecule has 0 spiro atoms. The lowest BCUT2D eigenvalue weighted by Crippen LogP contribution is -2.33. The number of rotatable bonds is 4. The highest BCUT2D eigenvalue weighted by molar-refractivity contribution is 7.18. The van der Waals surface area contributed by atoms with Gasteiger partial charge in [0, 0.05) is 30.9 Å². The van der Waals surface area contributed by atoms with E-state index in [-0.39, 0.29) is 0 Å². The van der Waals surface area contributed by atoms with Crippen molar-refractivity contribution in [2.75, 3.05) is 18.0 Å². The quantitative estimate of drug-likeness (QED) is 0.610. The van der Waals surface area contributed by atoms with Crippen molar-refractivity contribution >= 4 is 39.4 Å². The number of benzene rings is 2. The largest absolute Gasteiger partial charge is 0.372 e. The van der Waals surface area contributed by atoms with Crippen LogP contribution in [0.15, 0.2) is 48.5 Å². The minimum Gasteiger partial charge on any atom is -0.372 e. The Morgan fingerprint density at radius 3 is 2.50 bits per heavy atom. The van der Waals surface area contributed by atoms with Crippen LogP contribution in [0.3, 0.4) is 0 Å². The summed E-state index contributed by atoms with van der Waals surface area (Å²) in [6.07, 6.45) is 7.12. The smallest absolute Gasteiger partial charge is 0.262 e. The van der Waals surface area contributed by atoms with Crippen molar-refractivity contribution in [3.8, 4) is 0 Å². The van der Waals surface area contributed by atoms with E-state index >= 15 is 0 Å². The van der Waals surface area contributed by atoms with E-state index in [2.05, 4.69) is 77.1 Å². The van der Waals surface area contributed by atoms with Crippen molar-refractivity contribution in [3.63, 3.8) is 0 Å². The van der Waals surface area contributed by atoms with Crippen LogP contribution in [0, 0.1) is 0 Å². The maximum Gasteiger partial charge on any atom is 0.262 e. The number of para-hydroxylation sites is 1. The van der Waals surface area contributed by atoms with Crippen LogP contribution < -0.4 is 9.47 Å². The number of aromatic nitrogens is 1. The van der Waals surface area contributed by atoms with E-state index in [4.69, 9.17) is 0 Å². The Morgan fingerprint density at radius 2 is 1.75 bits per heavy atom. The van der Waals surface area contributed by atoms with Gasteiger partial charge in [0.1, 0.15) is 11.2 Å². The van der Waals surface area contributed by atoms with E-state index < -0.39 is 0 Å². The highest BCUT2D eigenvalue weighted by atomic mass is 32.1. The minimum absolute atomic E-state index is 0.998. The summed E-state index contributed by atoms with van der Waals surface area (Å²) in [4.78, 5) is 2.48. The molecule has 0 bridgehead atoms. The van der Waals surface area contributed by atoms with Crippen LogP contribution in [0.5, 0.6) is 0 Å². The lowest BCUT2D eigenvalue weighted by molar-refractivity contribution is -0.665. The van der Waals surface area contributed by atoms with Crippen LogP contribution in [0.4, 0.5) is 5.69 Å². The summed E-state index contributed by atoms with van der Waals surface area (Å²) in [6.45, 7) is 5.61. The summed E-state index contributed by atoms with van der Waals surface area (Å²) in [6, 6.07) is 17.6. The molecule has 0 amide bonds. The number of nitrogens with zero attached hydrogens (tertiary/aromatic N) is 2. The summed E-state index contributed by atoms with van der Waals surface area (Å²) >= 11 is 1.86. The molecule has 2 nitrogen and oxygen atoms in total. The Hall–Kier alpha value is -2.13. The van der Waals surface area contributed by atoms with Gasteiger partial charge in [-0.2, -0.15) is 4.57 Å². The molecule has 0 atom stereocenters. The maximum atomic E-state index is 2.48. The highest BCUT2D eigenvalue weighted by Gasteiger charge is 2.16. The molecular weight excluding hydrogens is 312 g/mol. The van der Waals surface area contributed by atoms with Crippen molar-refractivity contribution in [1.82, 2.24) is 0 Å². The van der Waals surface area contributed by atoms with Crippen LogP contribution >= 0.6 is 11.3 Å². The lowest BCUT2D eigenvalue weighted by atomic mass is 10.2. The minimum atomic E-state index is 0.998. The van der Waals surface area contributed by atoms with Crippen LogP contribution in [0.2, 0.25) is 0 Å². The van der Waals surface area contributed by atoms with Crippen LogP contribution in [0.1, 0.15) is 30.3 Å². The molecule has 1 saturated heterocycles. The zero-order valence-electron chi connectivity index (χ0n) is 14.1. The number of fused-ring (bicyclic) bond motifs is 1. The predicted molar refractivity (Wildman–Crippen MR) is 105 cm³/mol. The van der Waals surface area contributed by atoms with Crippen molar-refractivity contribution < 1.29 is 4.57 Å². The van der Waals surface area contributed by atoms with E-state index in [1.54, 1.807) is 0 Å². The standard InChI is InChI=1S/C21H23N2S/c1-2-23-19-7-3-4-8-20(19)24-21(23)14-11-17-9-12-18(13-10-17)22-15-5-6-16-22/h3-4,7-14H,2,5-6,15-16H2,1H3/q+1. The normalized spacial score (nSPS) is 15.0. The van der Waals surface area contributed by atoms with Gasteiger partial charge in [-0.3, -0.25) is 0 Å². The van der Waals surface area contributed by atoms with Crippen molar-refractivity contribution in [2.45, 2.75) is 26.3 Å².